The van der Waals surface area contributed by atoms with Crippen LogP contribution in [0.4, 0.5) is 0 Å². The molecule has 2 aliphatic rings. The topological polar surface area (TPSA) is 74.8 Å². The number of nitriles is 1. The summed E-state index contributed by atoms with van der Waals surface area (Å²) in [5.74, 6) is -0.562. The second-order valence-electron chi connectivity index (χ2n) is 4.20. The molecule has 0 saturated heterocycles. The molecule has 1 unspecified atom stereocenters. The Kier molecular flexibility index (Phi) is 2.22. The monoisotopic (exact) mass is 207 g/mol. The van der Waals surface area contributed by atoms with E-state index in [1.54, 1.807) is 0 Å². The molecular weight excluding hydrogens is 194 g/mol. The Balaban J connectivity index is 2.43. The van der Waals surface area contributed by atoms with Gasteiger partial charge in [0.25, 0.3) is 5.54 Å². The van der Waals surface area contributed by atoms with Crippen molar-refractivity contribution in [3.8, 4) is 6.07 Å². The van der Waals surface area contributed by atoms with Gasteiger partial charge in [-0.05, 0) is 12.8 Å². The van der Waals surface area contributed by atoms with Crippen LogP contribution >= 0.6 is 0 Å². The van der Waals surface area contributed by atoms with Crippen molar-refractivity contribution in [2.75, 3.05) is 13.7 Å². The molecule has 2 rings (SSSR count). The van der Waals surface area contributed by atoms with Crippen molar-refractivity contribution in [1.82, 2.24) is 0 Å². The predicted molar refractivity (Wildman–Crippen MR) is 51.0 cm³/mol. The molecule has 15 heavy (non-hydrogen) atoms. The van der Waals surface area contributed by atoms with Gasteiger partial charge >= 0.3 is 5.97 Å². The van der Waals surface area contributed by atoms with Gasteiger partial charge in [0.05, 0.1) is 13.7 Å². The molecule has 0 aromatic carbocycles. The lowest BCUT2D eigenvalue weighted by Gasteiger charge is -2.31. The Hall–Kier alpha value is -1.44. The quantitative estimate of drug-likeness (QED) is 0.610. The maximum absolute atomic E-state index is 11.7. The predicted octanol–water partition coefficient (Wildman–Crippen LogP) is 1.45. The largest absolute Gasteiger partial charge is 0.466 e. The Morgan fingerprint density at radius 3 is 2.67 bits per heavy atom. The number of nitrogens with zero attached hydrogens (tertiary/aromatic N) is 3. The third-order valence-electron chi connectivity index (χ3n) is 3.56. The number of ether oxygens (including phenoxy) is 1. The molecular formula is C10H13N3O2. The molecule has 1 heterocycles. The van der Waals surface area contributed by atoms with Gasteiger partial charge in [-0.2, -0.15) is 15.5 Å². The van der Waals surface area contributed by atoms with E-state index < -0.39 is 16.9 Å². The number of azo groups is 1. The molecule has 0 radical (unpaired) electrons. The van der Waals surface area contributed by atoms with Gasteiger partial charge in [-0.25, -0.2) is 4.79 Å². The van der Waals surface area contributed by atoms with Gasteiger partial charge in [0.1, 0.15) is 6.07 Å². The highest BCUT2D eigenvalue weighted by atomic mass is 16.5. The van der Waals surface area contributed by atoms with E-state index in [9.17, 15) is 10.1 Å². The molecule has 0 N–H and O–H groups in total. The molecule has 1 fully saturated rings. The maximum atomic E-state index is 11.7. The SMILES string of the molecule is COC(=O)C1(C#N)N=NCC12CCCC2. The molecule has 1 atom stereocenters. The lowest BCUT2D eigenvalue weighted by atomic mass is 9.70. The number of rotatable bonds is 1. The fourth-order valence-corrected chi connectivity index (χ4v) is 2.66. The van der Waals surface area contributed by atoms with Crippen LogP contribution in [-0.2, 0) is 9.53 Å². The van der Waals surface area contributed by atoms with Crippen LogP contribution in [0.25, 0.3) is 0 Å². The van der Waals surface area contributed by atoms with Crippen LogP contribution in [0.15, 0.2) is 10.2 Å². The molecule has 0 bridgehead atoms. The smallest absolute Gasteiger partial charge is 0.351 e. The zero-order valence-corrected chi connectivity index (χ0v) is 8.69. The molecule has 0 aromatic rings. The minimum absolute atomic E-state index is 0.394. The fourth-order valence-electron chi connectivity index (χ4n) is 2.66. The van der Waals surface area contributed by atoms with Crippen LogP contribution in [0.3, 0.4) is 0 Å². The minimum atomic E-state index is -1.38. The number of carbonyl (C=O) groups is 1. The van der Waals surface area contributed by atoms with Crippen LogP contribution in [0.1, 0.15) is 25.7 Å². The number of methoxy groups -OCH3 is 1. The summed E-state index contributed by atoms with van der Waals surface area (Å²) in [6.45, 7) is 0.482. The maximum Gasteiger partial charge on any atom is 0.351 e. The van der Waals surface area contributed by atoms with E-state index in [0.29, 0.717) is 6.54 Å². The van der Waals surface area contributed by atoms with Crippen molar-refractivity contribution >= 4 is 5.97 Å². The summed E-state index contributed by atoms with van der Waals surface area (Å²) < 4.78 is 4.70. The summed E-state index contributed by atoms with van der Waals surface area (Å²) in [7, 11) is 1.29. The third kappa shape index (κ3) is 1.11. The number of carbonyl (C=O) groups excluding carboxylic acids is 1. The highest BCUT2D eigenvalue weighted by Crippen LogP contribution is 2.52. The first-order valence-electron chi connectivity index (χ1n) is 5.09. The zero-order chi connectivity index (χ0) is 10.9. The van der Waals surface area contributed by atoms with E-state index in [1.807, 2.05) is 6.07 Å². The number of hydrogen-bond donors (Lipinski definition) is 0. The van der Waals surface area contributed by atoms with E-state index in [-0.39, 0.29) is 0 Å². The highest BCUT2D eigenvalue weighted by molar-refractivity contribution is 5.86. The van der Waals surface area contributed by atoms with Gasteiger partial charge in [0.2, 0.25) is 0 Å². The van der Waals surface area contributed by atoms with E-state index >= 15 is 0 Å². The average molecular weight is 207 g/mol. The normalized spacial score (nSPS) is 31.7. The second kappa shape index (κ2) is 3.30. The van der Waals surface area contributed by atoms with Crippen molar-refractivity contribution in [3.63, 3.8) is 0 Å². The van der Waals surface area contributed by atoms with E-state index in [0.717, 1.165) is 25.7 Å². The number of esters is 1. The summed E-state index contributed by atoms with van der Waals surface area (Å²) in [5, 5.41) is 17.0. The fraction of sp³-hybridized carbons (Fsp3) is 0.800. The summed E-state index contributed by atoms with van der Waals surface area (Å²) in [6, 6.07) is 2.03. The first-order valence-corrected chi connectivity index (χ1v) is 5.09. The van der Waals surface area contributed by atoms with Crippen molar-refractivity contribution in [1.29, 1.82) is 5.26 Å². The minimum Gasteiger partial charge on any atom is -0.466 e. The Bertz CT molecular complexity index is 352. The van der Waals surface area contributed by atoms with Crippen molar-refractivity contribution in [2.45, 2.75) is 31.2 Å². The van der Waals surface area contributed by atoms with E-state index in [1.165, 1.54) is 7.11 Å². The first kappa shape index (κ1) is 10.1. The van der Waals surface area contributed by atoms with Crippen LogP contribution < -0.4 is 0 Å². The number of hydrogen-bond acceptors (Lipinski definition) is 5. The Morgan fingerprint density at radius 1 is 1.47 bits per heavy atom. The van der Waals surface area contributed by atoms with Gasteiger partial charge in [0, 0.05) is 5.41 Å². The molecule has 5 nitrogen and oxygen atoms in total. The summed E-state index contributed by atoms with van der Waals surface area (Å²) in [4.78, 5) is 11.7. The van der Waals surface area contributed by atoms with Gasteiger partial charge in [-0.1, -0.05) is 12.8 Å². The lowest BCUT2D eigenvalue weighted by molar-refractivity contribution is -0.148. The first-order chi connectivity index (χ1) is 7.21. The molecule has 1 saturated carbocycles. The van der Waals surface area contributed by atoms with Gasteiger partial charge < -0.3 is 4.74 Å². The van der Waals surface area contributed by atoms with Crippen LogP contribution in [0, 0.1) is 16.7 Å². The van der Waals surface area contributed by atoms with Gasteiger partial charge in [-0.15, -0.1) is 0 Å². The van der Waals surface area contributed by atoms with Crippen LogP contribution in [0.2, 0.25) is 0 Å². The van der Waals surface area contributed by atoms with Crippen molar-refractivity contribution < 1.29 is 9.53 Å². The third-order valence-corrected chi connectivity index (χ3v) is 3.56. The van der Waals surface area contributed by atoms with Gasteiger partial charge in [0.15, 0.2) is 0 Å². The van der Waals surface area contributed by atoms with E-state index in [2.05, 4.69) is 10.2 Å². The molecule has 1 spiro atoms. The Morgan fingerprint density at radius 2 is 2.13 bits per heavy atom. The van der Waals surface area contributed by atoms with E-state index in [4.69, 9.17) is 4.74 Å². The molecule has 0 aromatic heterocycles. The van der Waals surface area contributed by atoms with Gasteiger partial charge in [-0.3, -0.25) is 0 Å². The van der Waals surface area contributed by atoms with Crippen molar-refractivity contribution in [3.05, 3.63) is 0 Å². The highest BCUT2D eigenvalue weighted by Gasteiger charge is 2.62. The summed E-state index contributed by atoms with van der Waals surface area (Å²) in [5.41, 5.74) is -1.77. The van der Waals surface area contributed by atoms with Crippen LogP contribution in [0.5, 0.6) is 0 Å². The second-order valence-corrected chi connectivity index (χ2v) is 4.20. The molecule has 5 heteroatoms. The molecule has 1 aliphatic heterocycles. The Labute approximate surface area is 88.1 Å². The molecule has 80 valence electrons. The van der Waals surface area contributed by atoms with Crippen LogP contribution in [-0.4, -0.2) is 25.2 Å². The zero-order valence-electron chi connectivity index (χ0n) is 8.69. The summed E-state index contributed by atoms with van der Waals surface area (Å²) in [6.07, 6.45) is 3.74. The molecule has 0 amide bonds. The molecule has 1 aliphatic carbocycles. The lowest BCUT2D eigenvalue weighted by Crippen LogP contribution is -2.49. The standard InChI is InChI=1S/C10H13N3O2/c1-15-8(14)10(6-11)9(7-12-13-10)4-2-3-5-9/h2-5,7H2,1H3. The average Bonchev–Trinajstić information content (AvgIpc) is 2.87. The van der Waals surface area contributed by atoms with Crippen molar-refractivity contribution in [2.24, 2.45) is 15.6 Å². The summed E-state index contributed by atoms with van der Waals surface area (Å²) >= 11 is 0.